The standard InChI is InChI=1S/C16H27N3O3/c1-2-3-8-19-9-6-13(7-10-19)18-16(21)17-12-14(20)15-5-4-11-22-15/h4-5,11,13-14,20H,2-3,6-10,12H2,1H3,(H2,17,18,21). The summed E-state index contributed by atoms with van der Waals surface area (Å²) in [5, 5.41) is 15.5. The molecule has 6 nitrogen and oxygen atoms in total. The number of furan rings is 1. The SMILES string of the molecule is CCCCN1CCC(NC(=O)NCC(O)c2ccco2)CC1. The number of hydrogen-bond donors (Lipinski definition) is 3. The summed E-state index contributed by atoms with van der Waals surface area (Å²) < 4.78 is 5.09. The molecule has 1 fully saturated rings. The topological polar surface area (TPSA) is 77.7 Å². The van der Waals surface area contributed by atoms with Gasteiger partial charge in [-0.2, -0.15) is 0 Å². The van der Waals surface area contributed by atoms with Crippen LogP contribution in [-0.4, -0.2) is 48.3 Å². The zero-order valence-corrected chi connectivity index (χ0v) is 13.3. The van der Waals surface area contributed by atoms with E-state index in [1.807, 2.05) is 0 Å². The predicted octanol–water partition coefficient (Wildman–Crippen LogP) is 1.88. The van der Waals surface area contributed by atoms with E-state index in [-0.39, 0.29) is 18.6 Å². The Labute approximate surface area is 131 Å². The summed E-state index contributed by atoms with van der Waals surface area (Å²) in [4.78, 5) is 14.3. The van der Waals surface area contributed by atoms with Gasteiger partial charge in [-0.05, 0) is 37.9 Å². The van der Waals surface area contributed by atoms with Crippen LogP contribution >= 0.6 is 0 Å². The molecule has 0 spiro atoms. The third kappa shape index (κ3) is 5.35. The highest BCUT2D eigenvalue weighted by atomic mass is 16.4. The highest BCUT2D eigenvalue weighted by Crippen LogP contribution is 2.12. The van der Waals surface area contributed by atoms with E-state index in [2.05, 4.69) is 22.5 Å². The van der Waals surface area contributed by atoms with Crippen molar-refractivity contribution in [1.29, 1.82) is 0 Å². The van der Waals surface area contributed by atoms with Crippen molar-refractivity contribution < 1.29 is 14.3 Å². The lowest BCUT2D eigenvalue weighted by Crippen LogP contribution is -2.48. The van der Waals surface area contributed by atoms with E-state index in [4.69, 9.17) is 4.42 Å². The Morgan fingerprint density at radius 2 is 2.27 bits per heavy atom. The fourth-order valence-corrected chi connectivity index (χ4v) is 2.69. The van der Waals surface area contributed by atoms with E-state index in [0.29, 0.717) is 5.76 Å². The van der Waals surface area contributed by atoms with Gasteiger partial charge < -0.3 is 25.1 Å². The van der Waals surface area contributed by atoms with Crippen molar-refractivity contribution in [3.63, 3.8) is 0 Å². The van der Waals surface area contributed by atoms with Gasteiger partial charge in [0.25, 0.3) is 0 Å². The molecule has 3 N–H and O–H groups in total. The third-order valence-electron chi connectivity index (χ3n) is 4.08. The predicted molar refractivity (Wildman–Crippen MR) is 84.6 cm³/mol. The van der Waals surface area contributed by atoms with Crippen LogP contribution in [0.15, 0.2) is 22.8 Å². The fraction of sp³-hybridized carbons (Fsp3) is 0.688. The Morgan fingerprint density at radius 3 is 2.91 bits per heavy atom. The number of aliphatic hydroxyl groups is 1. The summed E-state index contributed by atoms with van der Waals surface area (Å²) in [6.45, 7) is 5.59. The molecule has 2 amide bonds. The van der Waals surface area contributed by atoms with Crippen molar-refractivity contribution >= 4 is 6.03 Å². The molecule has 1 aliphatic heterocycles. The lowest BCUT2D eigenvalue weighted by Gasteiger charge is -2.32. The zero-order valence-electron chi connectivity index (χ0n) is 13.3. The van der Waals surface area contributed by atoms with Crippen molar-refractivity contribution in [3.05, 3.63) is 24.2 Å². The maximum absolute atomic E-state index is 11.9. The largest absolute Gasteiger partial charge is 0.467 e. The van der Waals surface area contributed by atoms with E-state index in [1.165, 1.54) is 19.1 Å². The minimum Gasteiger partial charge on any atom is -0.467 e. The van der Waals surface area contributed by atoms with E-state index < -0.39 is 6.10 Å². The normalized spacial score (nSPS) is 18.1. The number of nitrogens with zero attached hydrogens (tertiary/aromatic N) is 1. The number of carbonyl (C=O) groups is 1. The van der Waals surface area contributed by atoms with E-state index in [9.17, 15) is 9.90 Å². The first kappa shape index (κ1) is 16.8. The second kappa shape index (κ2) is 8.80. The number of amides is 2. The van der Waals surface area contributed by atoms with Gasteiger partial charge in [-0.3, -0.25) is 0 Å². The van der Waals surface area contributed by atoms with Gasteiger partial charge in [0, 0.05) is 19.1 Å². The summed E-state index contributed by atoms with van der Waals surface area (Å²) in [5.74, 6) is 0.463. The van der Waals surface area contributed by atoms with Gasteiger partial charge in [0.05, 0.1) is 12.8 Å². The van der Waals surface area contributed by atoms with Gasteiger partial charge >= 0.3 is 6.03 Å². The molecule has 1 aliphatic rings. The maximum atomic E-state index is 11.9. The lowest BCUT2D eigenvalue weighted by atomic mass is 10.0. The first-order valence-corrected chi connectivity index (χ1v) is 8.17. The number of carbonyl (C=O) groups excluding carboxylic acids is 1. The van der Waals surface area contributed by atoms with Gasteiger partial charge in [-0.1, -0.05) is 13.3 Å². The summed E-state index contributed by atoms with van der Waals surface area (Å²) >= 11 is 0. The second-order valence-electron chi connectivity index (χ2n) is 5.86. The monoisotopic (exact) mass is 309 g/mol. The van der Waals surface area contributed by atoms with Gasteiger partial charge in [-0.25, -0.2) is 4.79 Å². The number of likely N-dealkylation sites (tertiary alicyclic amines) is 1. The summed E-state index contributed by atoms with van der Waals surface area (Å²) in [5.41, 5.74) is 0. The average Bonchev–Trinajstić information content (AvgIpc) is 3.06. The van der Waals surface area contributed by atoms with Crippen molar-refractivity contribution in [2.45, 2.75) is 44.8 Å². The van der Waals surface area contributed by atoms with Crippen LogP contribution < -0.4 is 10.6 Å². The molecule has 1 unspecified atom stereocenters. The van der Waals surface area contributed by atoms with Crippen LogP contribution in [0.1, 0.15) is 44.5 Å². The first-order valence-electron chi connectivity index (χ1n) is 8.17. The molecule has 22 heavy (non-hydrogen) atoms. The molecule has 2 heterocycles. The lowest BCUT2D eigenvalue weighted by molar-refractivity contribution is 0.146. The van der Waals surface area contributed by atoms with Crippen molar-refractivity contribution in [2.75, 3.05) is 26.2 Å². The van der Waals surface area contributed by atoms with E-state index in [0.717, 1.165) is 32.5 Å². The molecule has 6 heteroatoms. The second-order valence-corrected chi connectivity index (χ2v) is 5.86. The van der Waals surface area contributed by atoms with Crippen molar-refractivity contribution in [2.24, 2.45) is 0 Å². The highest BCUT2D eigenvalue weighted by Gasteiger charge is 2.20. The summed E-state index contributed by atoms with van der Waals surface area (Å²) in [6.07, 6.45) is 5.12. The molecule has 1 aromatic rings. The Bertz CT molecular complexity index is 428. The molecule has 1 atom stereocenters. The van der Waals surface area contributed by atoms with Crippen molar-refractivity contribution in [3.8, 4) is 0 Å². The minimum atomic E-state index is -0.809. The van der Waals surface area contributed by atoms with Crippen LogP contribution in [0.2, 0.25) is 0 Å². The number of nitrogens with one attached hydrogen (secondary N) is 2. The Hall–Kier alpha value is -1.53. The Kier molecular flexibility index (Phi) is 6.74. The Morgan fingerprint density at radius 1 is 1.50 bits per heavy atom. The van der Waals surface area contributed by atoms with Crippen molar-refractivity contribution in [1.82, 2.24) is 15.5 Å². The van der Waals surface area contributed by atoms with Gasteiger partial charge in [0.1, 0.15) is 11.9 Å². The maximum Gasteiger partial charge on any atom is 0.315 e. The first-order chi connectivity index (χ1) is 10.7. The smallest absolute Gasteiger partial charge is 0.315 e. The molecule has 0 saturated carbocycles. The number of aliphatic hydroxyl groups excluding tert-OH is 1. The number of hydrogen-bond acceptors (Lipinski definition) is 4. The molecule has 2 rings (SSSR count). The molecule has 0 radical (unpaired) electrons. The average molecular weight is 309 g/mol. The summed E-state index contributed by atoms with van der Waals surface area (Å²) in [6, 6.07) is 3.40. The number of rotatable bonds is 7. The number of unbranched alkanes of at least 4 members (excludes halogenated alkanes) is 1. The highest BCUT2D eigenvalue weighted by molar-refractivity contribution is 5.74. The fourth-order valence-electron chi connectivity index (χ4n) is 2.69. The van der Waals surface area contributed by atoms with Crippen LogP contribution in [0.5, 0.6) is 0 Å². The van der Waals surface area contributed by atoms with Crippen LogP contribution in [0.3, 0.4) is 0 Å². The van der Waals surface area contributed by atoms with E-state index in [1.54, 1.807) is 12.1 Å². The van der Waals surface area contributed by atoms with Crippen LogP contribution in [-0.2, 0) is 0 Å². The number of piperidine rings is 1. The zero-order chi connectivity index (χ0) is 15.8. The molecule has 0 aromatic carbocycles. The molecule has 124 valence electrons. The van der Waals surface area contributed by atoms with Crippen LogP contribution in [0.25, 0.3) is 0 Å². The molecule has 1 aromatic heterocycles. The quantitative estimate of drug-likeness (QED) is 0.718. The van der Waals surface area contributed by atoms with Gasteiger partial charge in [0.15, 0.2) is 0 Å². The molecule has 1 saturated heterocycles. The van der Waals surface area contributed by atoms with Gasteiger partial charge in [0.2, 0.25) is 0 Å². The Balaban J connectivity index is 1.61. The van der Waals surface area contributed by atoms with Gasteiger partial charge in [-0.15, -0.1) is 0 Å². The number of urea groups is 1. The third-order valence-corrected chi connectivity index (χ3v) is 4.08. The van der Waals surface area contributed by atoms with Crippen LogP contribution in [0, 0.1) is 0 Å². The molecule has 0 bridgehead atoms. The molecular formula is C16H27N3O3. The van der Waals surface area contributed by atoms with Crippen LogP contribution in [0.4, 0.5) is 4.79 Å². The van der Waals surface area contributed by atoms with E-state index >= 15 is 0 Å². The summed E-state index contributed by atoms with van der Waals surface area (Å²) in [7, 11) is 0. The molecular weight excluding hydrogens is 282 g/mol. The minimum absolute atomic E-state index is 0.148. The molecule has 0 aliphatic carbocycles.